The van der Waals surface area contributed by atoms with Crippen LogP contribution in [0.3, 0.4) is 0 Å². The Kier molecular flexibility index (Phi) is 7.30. The van der Waals surface area contributed by atoms with Crippen LogP contribution in [0.5, 0.6) is 11.5 Å². The standard InChI is InChI=1S/C20H20Cl2O2S/c1-13(2)11-23-19-7-5-15(9-17(19)21)25-16-6-8-20(18(22)10-16)24-12-14(3)4/h5-10H,1,3,11-12H2,2,4H3. The molecule has 0 heterocycles. The van der Waals surface area contributed by atoms with Gasteiger partial charge in [-0.05, 0) is 61.4 Å². The molecule has 132 valence electrons. The van der Waals surface area contributed by atoms with Gasteiger partial charge in [0.1, 0.15) is 24.7 Å². The summed E-state index contributed by atoms with van der Waals surface area (Å²) in [5.74, 6) is 1.30. The Morgan fingerprint density at radius 3 is 1.56 bits per heavy atom. The third-order valence-electron chi connectivity index (χ3n) is 2.99. The van der Waals surface area contributed by atoms with E-state index >= 15 is 0 Å². The molecule has 0 atom stereocenters. The van der Waals surface area contributed by atoms with Gasteiger partial charge < -0.3 is 9.47 Å². The molecule has 0 aliphatic heterocycles. The summed E-state index contributed by atoms with van der Waals surface area (Å²) in [6.07, 6.45) is 0. The molecule has 2 aromatic rings. The Bertz CT molecular complexity index is 722. The highest BCUT2D eigenvalue weighted by Crippen LogP contribution is 2.36. The van der Waals surface area contributed by atoms with Crippen molar-refractivity contribution in [3.8, 4) is 11.5 Å². The molecule has 0 aliphatic carbocycles. The van der Waals surface area contributed by atoms with Crippen LogP contribution in [0.4, 0.5) is 0 Å². The van der Waals surface area contributed by atoms with Gasteiger partial charge in [-0.1, -0.05) is 48.1 Å². The smallest absolute Gasteiger partial charge is 0.138 e. The van der Waals surface area contributed by atoms with Crippen molar-refractivity contribution in [3.05, 3.63) is 70.7 Å². The highest BCUT2D eigenvalue weighted by molar-refractivity contribution is 7.99. The Morgan fingerprint density at radius 1 is 0.840 bits per heavy atom. The Balaban J connectivity index is 2.06. The summed E-state index contributed by atoms with van der Waals surface area (Å²) in [4.78, 5) is 2.00. The fourth-order valence-corrected chi connectivity index (χ4v) is 3.36. The first kappa shape index (κ1) is 19.8. The fraction of sp³-hybridized carbons (Fsp3) is 0.200. The van der Waals surface area contributed by atoms with E-state index in [9.17, 15) is 0 Å². The lowest BCUT2D eigenvalue weighted by Gasteiger charge is -2.11. The van der Waals surface area contributed by atoms with Crippen molar-refractivity contribution in [2.75, 3.05) is 13.2 Å². The molecular formula is C20H20Cl2O2S. The summed E-state index contributed by atoms with van der Waals surface area (Å²) in [6, 6.07) is 11.4. The van der Waals surface area contributed by atoms with Crippen LogP contribution >= 0.6 is 35.0 Å². The summed E-state index contributed by atoms with van der Waals surface area (Å²) in [5, 5.41) is 1.14. The lowest BCUT2D eigenvalue weighted by atomic mass is 10.3. The van der Waals surface area contributed by atoms with Crippen LogP contribution in [0.2, 0.25) is 10.0 Å². The van der Waals surface area contributed by atoms with Crippen LogP contribution in [0.1, 0.15) is 13.8 Å². The molecule has 25 heavy (non-hydrogen) atoms. The van der Waals surface area contributed by atoms with Crippen molar-refractivity contribution in [1.29, 1.82) is 0 Å². The maximum Gasteiger partial charge on any atom is 0.138 e. The van der Waals surface area contributed by atoms with Gasteiger partial charge in [0.2, 0.25) is 0 Å². The van der Waals surface area contributed by atoms with Crippen molar-refractivity contribution in [2.24, 2.45) is 0 Å². The molecule has 0 radical (unpaired) electrons. The Morgan fingerprint density at radius 2 is 1.24 bits per heavy atom. The summed E-state index contributed by atoms with van der Waals surface area (Å²) < 4.78 is 11.2. The number of halogens is 2. The highest BCUT2D eigenvalue weighted by Gasteiger charge is 2.08. The predicted octanol–water partition coefficient (Wildman–Crippen LogP) is 7.05. The van der Waals surface area contributed by atoms with Crippen molar-refractivity contribution >= 4 is 35.0 Å². The molecule has 5 heteroatoms. The first-order valence-electron chi connectivity index (χ1n) is 7.66. The molecule has 0 aromatic heterocycles. The fourth-order valence-electron chi connectivity index (χ4n) is 1.86. The van der Waals surface area contributed by atoms with Gasteiger partial charge in [-0.15, -0.1) is 0 Å². The Labute approximate surface area is 163 Å². The SMILES string of the molecule is C=C(C)COc1ccc(Sc2ccc(OCC(=C)C)c(Cl)c2)cc1Cl. The van der Waals surface area contributed by atoms with Crippen molar-refractivity contribution < 1.29 is 9.47 Å². The molecule has 2 rings (SSSR count). The van der Waals surface area contributed by atoms with Crippen LogP contribution in [0.15, 0.2) is 70.5 Å². The second kappa shape index (κ2) is 9.23. The number of benzene rings is 2. The minimum absolute atomic E-state index is 0.452. The van der Waals surface area contributed by atoms with Crippen LogP contribution in [-0.4, -0.2) is 13.2 Å². The zero-order valence-corrected chi connectivity index (χ0v) is 16.6. The van der Waals surface area contributed by atoms with E-state index in [4.69, 9.17) is 32.7 Å². The normalized spacial score (nSPS) is 10.4. The number of rotatable bonds is 8. The maximum atomic E-state index is 6.28. The van der Waals surface area contributed by atoms with Gasteiger partial charge in [-0.3, -0.25) is 0 Å². The quantitative estimate of drug-likeness (QED) is 0.446. The molecule has 0 saturated carbocycles. The maximum absolute atomic E-state index is 6.28. The summed E-state index contributed by atoms with van der Waals surface area (Å²) in [6.45, 7) is 12.3. The van der Waals surface area contributed by atoms with Gasteiger partial charge in [0.15, 0.2) is 0 Å². The minimum atomic E-state index is 0.452. The lowest BCUT2D eigenvalue weighted by molar-refractivity contribution is 0.352. The summed E-state index contributed by atoms with van der Waals surface area (Å²) in [5.41, 5.74) is 1.89. The van der Waals surface area contributed by atoms with E-state index in [-0.39, 0.29) is 0 Å². The van der Waals surface area contributed by atoms with E-state index < -0.39 is 0 Å². The molecule has 0 bridgehead atoms. The summed E-state index contributed by atoms with van der Waals surface area (Å²) in [7, 11) is 0. The molecule has 0 N–H and O–H groups in total. The van der Waals surface area contributed by atoms with Gasteiger partial charge in [-0.25, -0.2) is 0 Å². The monoisotopic (exact) mass is 394 g/mol. The zero-order valence-electron chi connectivity index (χ0n) is 14.3. The topological polar surface area (TPSA) is 18.5 Å². The second-order valence-corrected chi connectivity index (χ2v) is 7.74. The molecule has 0 fully saturated rings. The third-order valence-corrected chi connectivity index (χ3v) is 4.56. The largest absolute Gasteiger partial charge is 0.488 e. The number of ether oxygens (including phenoxy) is 2. The first-order chi connectivity index (χ1) is 11.8. The molecule has 0 amide bonds. The molecule has 2 nitrogen and oxygen atoms in total. The molecular weight excluding hydrogens is 375 g/mol. The van der Waals surface area contributed by atoms with Gasteiger partial charge in [-0.2, -0.15) is 0 Å². The molecule has 0 spiro atoms. The van der Waals surface area contributed by atoms with Crippen LogP contribution in [0, 0.1) is 0 Å². The average molecular weight is 395 g/mol. The van der Waals surface area contributed by atoms with Crippen LogP contribution in [-0.2, 0) is 0 Å². The van der Waals surface area contributed by atoms with E-state index in [0.29, 0.717) is 34.8 Å². The van der Waals surface area contributed by atoms with E-state index in [0.717, 1.165) is 20.9 Å². The van der Waals surface area contributed by atoms with Crippen molar-refractivity contribution in [1.82, 2.24) is 0 Å². The van der Waals surface area contributed by atoms with Crippen molar-refractivity contribution in [2.45, 2.75) is 23.6 Å². The molecule has 0 saturated heterocycles. The zero-order chi connectivity index (χ0) is 18.4. The van der Waals surface area contributed by atoms with Gasteiger partial charge >= 0.3 is 0 Å². The number of hydrogen-bond donors (Lipinski definition) is 0. The second-order valence-electron chi connectivity index (χ2n) is 5.78. The molecule has 0 unspecified atom stereocenters. The molecule has 2 aromatic carbocycles. The lowest BCUT2D eigenvalue weighted by Crippen LogP contribution is -1.98. The van der Waals surface area contributed by atoms with Crippen LogP contribution < -0.4 is 9.47 Å². The highest BCUT2D eigenvalue weighted by atomic mass is 35.5. The molecule has 0 aliphatic rings. The van der Waals surface area contributed by atoms with Crippen LogP contribution in [0.25, 0.3) is 0 Å². The van der Waals surface area contributed by atoms with E-state index in [1.54, 1.807) is 11.8 Å². The van der Waals surface area contributed by atoms with E-state index in [2.05, 4.69) is 13.2 Å². The van der Waals surface area contributed by atoms with Crippen molar-refractivity contribution in [3.63, 3.8) is 0 Å². The Hall–Kier alpha value is -1.55. The third kappa shape index (κ3) is 6.35. The summed E-state index contributed by atoms with van der Waals surface area (Å²) >= 11 is 14.1. The van der Waals surface area contributed by atoms with E-state index in [1.165, 1.54) is 0 Å². The minimum Gasteiger partial charge on any atom is -0.488 e. The average Bonchev–Trinajstić information content (AvgIpc) is 2.53. The van der Waals surface area contributed by atoms with Gasteiger partial charge in [0, 0.05) is 9.79 Å². The van der Waals surface area contributed by atoms with E-state index in [1.807, 2.05) is 50.2 Å². The first-order valence-corrected chi connectivity index (χ1v) is 9.23. The number of hydrogen-bond acceptors (Lipinski definition) is 3. The van der Waals surface area contributed by atoms with Gasteiger partial charge in [0.05, 0.1) is 10.0 Å². The van der Waals surface area contributed by atoms with Gasteiger partial charge in [0.25, 0.3) is 0 Å². The predicted molar refractivity (Wildman–Crippen MR) is 108 cm³/mol.